The van der Waals surface area contributed by atoms with Crippen molar-refractivity contribution in [2.75, 3.05) is 7.05 Å². The predicted molar refractivity (Wildman–Crippen MR) is 100 cm³/mol. The van der Waals surface area contributed by atoms with Crippen molar-refractivity contribution >= 4 is 0 Å². The van der Waals surface area contributed by atoms with E-state index < -0.39 is 0 Å². The van der Waals surface area contributed by atoms with Crippen molar-refractivity contribution < 1.29 is 0 Å². The van der Waals surface area contributed by atoms with Gasteiger partial charge in [0.1, 0.15) is 0 Å². The number of H-pyrrole nitrogens is 1. The molecule has 0 unspecified atom stereocenters. The second-order valence-electron chi connectivity index (χ2n) is 6.66. The minimum atomic E-state index is 0.120. The number of hydrogen-bond donors (Lipinski definition) is 1. The Labute approximate surface area is 147 Å². The van der Waals surface area contributed by atoms with E-state index in [1.54, 1.807) is 6.20 Å². The van der Waals surface area contributed by atoms with Crippen LogP contribution in [0.15, 0.2) is 47.7 Å². The lowest BCUT2D eigenvalue weighted by molar-refractivity contribution is 0.314. The van der Waals surface area contributed by atoms with Gasteiger partial charge in [-0.3, -0.25) is 9.69 Å². The highest BCUT2D eigenvalue weighted by Crippen LogP contribution is 2.14. The van der Waals surface area contributed by atoms with Crippen LogP contribution in [-0.2, 0) is 13.1 Å². The summed E-state index contributed by atoms with van der Waals surface area (Å²) in [7, 11) is 2.04. The molecule has 0 aliphatic heterocycles. The number of hydrogen-bond acceptors (Lipinski definition) is 3. The summed E-state index contributed by atoms with van der Waals surface area (Å²) in [5.74, 6) is 0. The Bertz CT molecular complexity index is 939. The zero-order valence-electron chi connectivity index (χ0n) is 15.2. The third-order valence-electron chi connectivity index (χ3n) is 4.49. The van der Waals surface area contributed by atoms with Crippen LogP contribution in [0.2, 0.25) is 0 Å². The SMILES string of the molecule is Cc1ccccc1-n1cc(CN(C)Cc2[nH]cc(C)c(=O)c2C)cn1. The minimum Gasteiger partial charge on any atom is -0.363 e. The van der Waals surface area contributed by atoms with Gasteiger partial charge in [0.25, 0.3) is 0 Å². The fourth-order valence-electron chi connectivity index (χ4n) is 3.00. The molecule has 1 N–H and O–H groups in total. The van der Waals surface area contributed by atoms with E-state index in [0.29, 0.717) is 6.54 Å². The molecule has 0 saturated heterocycles. The van der Waals surface area contributed by atoms with Crippen molar-refractivity contribution in [2.45, 2.75) is 33.9 Å². The van der Waals surface area contributed by atoms with Crippen molar-refractivity contribution in [3.05, 3.63) is 81.0 Å². The molecule has 0 atom stereocenters. The van der Waals surface area contributed by atoms with Crippen molar-refractivity contribution in [3.63, 3.8) is 0 Å². The van der Waals surface area contributed by atoms with Crippen molar-refractivity contribution in [3.8, 4) is 5.69 Å². The molecule has 1 aromatic carbocycles. The molecule has 2 heterocycles. The highest BCUT2D eigenvalue weighted by atomic mass is 16.1. The normalized spacial score (nSPS) is 11.2. The Hall–Kier alpha value is -2.66. The average molecular weight is 336 g/mol. The molecular weight excluding hydrogens is 312 g/mol. The lowest BCUT2D eigenvalue weighted by Gasteiger charge is -2.17. The van der Waals surface area contributed by atoms with E-state index in [1.165, 1.54) is 5.56 Å². The maximum atomic E-state index is 12.1. The van der Waals surface area contributed by atoms with Crippen LogP contribution in [0.5, 0.6) is 0 Å². The lowest BCUT2D eigenvalue weighted by Crippen LogP contribution is -2.22. The number of aryl methyl sites for hydroxylation is 2. The molecule has 0 saturated carbocycles. The van der Waals surface area contributed by atoms with Crippen LogP contribution in [-0.4, -0.2) is 26.7 Å². The van der Waals surface area contributed by atoms with Crippen LogP contribution < -0.4 is 5.43 Å². The molecule has 5 nitrogen and oxygen atoms in total. The molecule has 130 valence electrons. The van der Waals surface area contributed by atoms with Crippen molar-refractivity contribution in [1.82, 2.24) is 19.7 Å². The molecule has 5 heteroatoms. The fourth-order valence-corrected chi connectivity index (χ4v) is 3.00. The van der Waals surface area contributed by atoms with E-state index >= 15 is 0 Å². The van der Waals surface area contributed by atoms with E-state index in [4.69, 9.17) is 0 Å². The number of nitrogens with one attached hydrogen (secondary N) is 1. The summed E-state index contributed by atoms with van der Waals surface area (Å²) in [4.78, 5) is 17.5. The number of rotatable bonds is 5. The van der Waals surface area contributed by atoms with Gasteiger partial charge in [-0.15, -0.1) is 0 Å². The van der Waals surface area contributed by atoms with Gasteiger partial charge in [-0.1, -0.05) is 18.2 Å². The van der Waals surface area contributed by atoms with Crippen LogP contribution in [0.3, 0.4) is 0 Å². The van der Waals surface area contributed by atoms with Crippen LogP contribution in [0.4, 0.5) is 0 Å². The Balaban J connectivity index is 1.72. The van der Waals surface area contributed by atoms with Crippen LogP contribution in [0, 0.1) is 20.8 Å². The van der Waals surface area contributed by atoms with Crippen LogP contribution in [0.1, 0.15) is 27.9 Å². The first-order valence-corrected chi connectivity index (χ1v) is 8.41. The summed E-state index contributed by atoms with van der Waals surface area (Å²) in [5.41, 5.74) is 6.05. The van der Waals surface area contributed by atoms with Gasteiger partial charge in [-0.25, -0.2) is 4.68 Å². The summed E-state index contributed by atoms with van der Waals surface area (Å²) in [6.07, 6.45) is 5.74. The molecular formula is C20H24N4O. The first kappa shape index (κ1) is 17.2. The molecule has 3 rings (SSSR count). The Morgan fingerprint density at radius 3 is 2.64 bits per heavy atom. The summed E-state index contributed by atoms with van der Waals surface area (Å²) in [6, 6.07) is 8.20. The monoisotopic (exact) mass is 336 g/mol. The largest absolute Gasteiger partial charge is 0.363 e. The van der Waals surface area contributed by atoms with Gasteiger partial charge in [-0.05, 0) is 39.4 Å². The standard InChI is InChI=1S/C20H24N4O/c1-14-7-5-6-8-19(14)24-12-17(10-22-24)11-23(4)13-18-16(3)20(25)15(2)9-21-18/h5-10,12H,11,13H2,1-4H3,(H,21,25). The zero-order valence-corrected chi connectivity index (χ0v) is 15.2. The maximum absolute atomic E-state index is 12.1. The molecule has 0 aliphatic rings. The van der Waals surface area contributed by atoms with Gasteiger partial charge in [0.15, 0.2) is 5.43 Å². The number of nitrogens with zero attached hydrogens (tertiary/aromatic N) is 3. The Morgan fingerprint density at radius 1 is 1.12 bits per heavy atom. The third-order valence-corrected chi connectivity index (χ3v) is 4.49. The fraction of sp³-hybridized carbons (Fsp3) is 0.300. The van der Waals surface area contributed by atoms with Gasteiger partial charge in [0, 0.05) is 47.9 Å². The first-order chi connectivity index (χ1) is 12.0. The van der Waals surface area contributed by atoms with Gasteiger partial charge < -0.3 is 4.98 Å². The molecule has 0 amide bonds. The van der Waals surface area contributed by atoms with Crippen molar-refractivity contribution in [1.29, 1.82) is 0 Å². The number of benzene rings is 1. The molecule has 3 aromatic rings. The van der Waals surface area contributed by atoms with E-state index in [1.807, 2.05) is 43.9 Å². The summed E-state index contributed by atoms with van der Waals surface area (Å²) < 4.78 is 1.91. The van der Waals surface area contributed by atoms with Crippen LogP contribution in [0.25, 0.3) is 5.69 Å². The third kappa shape index (κ3) is 3.72. The highest BCUT2D eigenvalue weighted by molar-refractivity contribution is 5.39. The first-order valence-electron chi connectivity index (χ1n) is 8.41. The van der Waals surface area contributed by atoms with Gasteiger partial charge in [0.05, 0.1) is 11.9 Å². The van der Waals surface area contributed by atoms with Crippen molar-refractivity contribution in [2.24, 2.45) is 0 Å². The molecule has 0 fully saturated rings. The van der Waals surface area contributed by atoms with Gasteiger partial charge in [0.2, 0.25) is 0 Å². The number of para-hydroxylation sites is 1. The topological polar surface area (TPSA) is 53.9 Å². The van der Waals surface area contributed by atoms with E-state index in [0.717, 1.165) is 34.6 Å². The second-order valence-corrected chi connectivity index (χ2v) is 6.66. The summed E-state index contributed by atoms with van der Waals surface area (Å²) >= 11 is 0. The van der Waals surface area contributed by atoms with E-state index in [2.05, 4.69) is 40.2 Å². The number of aromatic nitrogens is 3. The number of aromatic amines is 1. The van der Waals surface area contributed by atoms with Gasteiger partial charge >= 0.3 is 0 Å². The zero-order chi connectivity index (χ0) is 18.0. The van der Waals surface area contributed by atoms with Gasteiger partial charge in [-0.2, -0.15) is 5.10 Å². The molecule has 2 aromatic heterocycles. The molecule has 0 spiro atoms. The average Bonchev–Trinajstić information content (AvgIpc) is 3.04. The summed E-state index contributed by atoms with van der Waals surface area (Å²) in [6.45, 7) is 7.25. The molecule has 0 radical (unpaired) electrons. The smallest absolute Gasteiger partial charge is 0.187 e. The maximum Gasteiger partial charge on any atom is 0.187 e. The number of pyridine rings is 1. The second kappa shape index (κ2) is 7.07. The molecule has 0 aliphatic carbocycles. The molecule has 25 heavy (non-hydrogen) atoms. The minimum absolute atomic E-state index is 0.120. The highest BCUT2D eigenvalue weighted by Gasteiger charge is 2.10. The predicted octanol–water partition coefficient (Wildman–Crippen LogP) is 3.12. The van der Waals surface area contributed by atoms with E-state index in [9.17, 15) is 4.79 Å². The Morgan fingerprint density at radius 2 is 1.88 bits per heavy atom. The lowest BCUT2D eigenvalue weighted by atomic mass is 10.1. The van der Waals surface area contributed by atoms with Crippen LogP contribution >= 0.6 is 0 Å². The summed E-state index contributed by atoms with van der Waals surface area (Å²) in [5, 5.41) is 4.48. The molecule has 0 bridgehead atoms. The quantitative estimate of drug-likeness (QED) is 0.779. The van der Waals surface area contributed by atoms with E-state index in [-0.39, 0.29) is 5.43 Å². The Kier molecular flexibility index (Phi) is 4.86.